The third kappa shape index (κ3) is 2.86. The third-order valence-corrected chi connectivity index (χ3v) is 3.52. The number of benzene rings is 2. The van der Waals surface area contributed by atoms with Gasteiger partial charge in [-0.1, -0.05) is 31.5 Å². The molecule has 2 aromatic carbocycles. The van der Waals surface area contributed by atoms with E-state index in [4.69, 9.17) is 5.73 Å². The summed E-state index contributed by atoms with van der Waals surface area (Å²) >= 11 is 0. The molecule has 3 aromatic rings. The number of hydrogen-bond donors (Lipinski definition) is 1. The van der Waals surface area contributed by atoms with Crippen LogP contribution in [0.1, 0.15) is 18.9 Å². The van der Waals surface area contributed by atoms with Crippen molar-refractivity contribution in [1.29, 1.82) is 0 Å². The standard InChI is InChI=1S/C18H18FN3/c1-2-6-13-9-14(11-15(19)10-13)17-12-18(20)21-22(17)16-7-4-3-5-8-16/h3-5,7-12H,2,6H2,1H3,(H2,20,21). The molecule has 0 amide bonds. The minimum absolute atomic E-state index is 0.236. The Hall–Kier alpha value is -2.62. The van der Waals surface area contributed by atoms with E-state index in [1.54, 1.807) is 16.8 Å². The summed E-state index contributed by atoms with van der Waals surface area (Å²) in [6.45, 7) is 2.08. The van der Waals surface area contributed by atoms with Gasteiger partial charge in [-0.3, -0.25) is 0 Å². The summed E-state index contributed by atoms with van der Waals surface area (Å²) in [5.74, 6) is 0.181. The van der Waals surface area contributed by atoms with Gasteiger partial charge in [-0.15, -0.1) is 0 Å². The lowest BCUT2D eigenvalue weighted by Crippen LogP contribution is -2.00. The van der Waals surface area contributed by atoms with E-state index in [2.05, 4.69) is 12.0 Å². The highest BCUT2D eigenvalue weighted by molar-refractivity contribution is 5.66. The van der Waals surface area contributed by atoms with Gasteiger partial charge in [0, 0.05) is 11.6 Å². The normalized spacial score (nSPS) is 10.8. The first kappa shape index (κ1) is 14.3. The Morgan fingerprint density at radius 3 is 2.59 bits per heavy atom. The molecule has 112 valence electrons. The van der Waals surface area contributed by atoms with Gasteiger partial charge in [0.15, 0.2) is 0 Å². The van der Waals surface area contributed by atoms with Crippen molar-refractivity contribution < 1.29 is 4.39 Å². The largest absolute Gasteiger partial charge is 0.382 e. The highest BCUT2D eigenvalue weighted by Gasteiger charge is 2.12. The zero-order valence-electron chi connectivity index (χ0n) is 12.5. The number of para-hydroxylation sites is 1. The van der Waals surface area contributed by atoms with Gasteiger partial charge >= 0.3 is 0 Å². The van der Waals surface area contributed by atoms with Crippen LogP contribution >= 0.6 is 0 Å². The van der Waals surface area contributed by atoms with E-state index >= 15 is 0 Å². The second-order valence-corrected chi connectivity index (χ2v) is 5.30. The van der Waals surface area contributed by atoms with Crippen molar-refractivity contribution in [2.24, 2.45) is 0 Å². The van der Waals surface area contributed by atoms with E-state index in [0.29, 0.717) is 5.82 Å². The molecule has 0 aliphatic rings. The van der Waals surface area contributed by atoms with Gasteiger partial charge in [0.05, 0.1) is 11.4 Å². The second kappa shape index (κ2) is 6.02. The molecule has 0 fully saturated rings. The summed E-state index contributed by atoms with van der Waals surface area (Å²) in [6, 6.07) is 16.6. The van der Waals surface area contributed by atoms with Crippen LogP contribution in [0.2, 0.25) is 0 Å². The number of anilines is 1. The molecule has 4 heteroatoms. The maximum Gasteiger partial charge on any atom is 0.146 e. The lowest BCUT2D eigenvalue weighted by molar-refractivity contribution is 0.625. The monoisotopic (exact) mass is 295 g/mol. The van der Waals surface area contributed by atoms with Crippen LogP contribution in [-0.2, 0) is 6.42 Å². The molecule has 3 nitrogen and oxygen atoms in total. The summed E-state index contributed by atoms with van der Waals surface area (Å²) in [4.78, 5) is 0. The van der Waals surface area contributed by atoms with Crippen LogP contribution in [-0.4, -0.2) is 9.78 Å². The van der Waals surface area contributed by atoms with Gasteiger partial charge < -0.3 is 5.73 Å². The van der Waals surface area contributed by atoms with Crippen molar-refractivity contribution in [3.63, 3.8) is 0 Å². The molecule has 22 heavy (non-hydrogen) atoms. The van der Waals surface area contributed by atoms with Crippen molar-refractivity contribution in [1.82, 2.24) is 9.78 Å². The van der Waals surface area contributed by atoms with E-state index in [1.165, 1.54) is 6.07 Å². The highest BCUT2D eigenvalue weighted by Crippen LogP contribution is 2.27. The number of halogens is 1. The van der Waals surface area contributed by atoms with Gasteiger partial charge in [-0.25, -0.2) is 9.07 Å². The fourth-order valence-electron chi connectivity index (χ4n) is 2.60. The van der Waals surface area contributed by atoms with E-state index in [-0.39, 0.29) is 5.82 Å². The first-order chi connectivity index (χ1) is 10.7. The van der Waals surface area contributed by atoms with Crippen LogP contribution in [0.4, 0.5) is 10.2 Å². The van der Waals surface area contributed by atoms with Crippen molar-refractivity contribution in [3.8, 4) is 16.9 Å². The zero-order valence-corrected chi connectivity index (χ0v) is 12.5. The van der Waals surface area contributed by atoms with E-state index in [9.17, 15) is 4.39 Å². The average molecular weight is 295 g/mol. The summed E-state index contributed by atoms with van der Waals surface area (Å²) in [6.07, 6.45) is 1.82. The summed E-state index contributed by atoms with van der Waals surface area (Å²) < 4.78 is 15.7. The average Bonchev–Trinajstić information content (AvgIpc) is 2.90. The number of aryl methyl sites for hydroxylation is 1. The van der Waals surface area contributed by atoms with Crippen LogP contribution < -0.4 is 5.73 Å². The minimum Gasteiger partial charge on any atom is -0.382 e. The molecule has 2 N–H and O–H groups in total. The van der Waals surface area contributed by atoms with Gasteiger partial charge in [-0.05, 0) is 42.3 Å². The van der Waals surface area contributed by atoms with E-state index in [1.807, 2.05) is 36.4 Å². The number of nitrogens with two attached hydrogens (primary N) is 1. The van der Waals surface area contributed by atoms with Gasteiger partial charge in [0.2, 0.25) is 0 Å². The number of rotatable bonds is 4. The molecule has 0 spiro atoms. The van der Waals surface area contributed by atoms with Gasteiger partial charge in [0.25, 0.3) is 0 Å². The van der Waals surface area contributed by atoms with Crippen LogP contribution in [0.5, 0.6) is 0 Å². The lowest BCUT2D eigenvalue weighted by atomic mass is 10.0. The molecule has 0 saturated carbocycles. The molecule has 0 radical (unpaired) electrons. The molecule has 0 aliphatic heterocycles. The zero-order chi connectivity index (χ0) is 15.5. The molecule has 0 saturated heterocycles. The van der Waals surface area contributed by atoms with Crippen molar-refractivity contribution in [2.75, 3.05) is 5.73 Å². The Morgan fingerprint density at radius 1 is 1.09 bits per heavy atom. The van der Waals surface area contributed by atoms with Gasteiger partial charge in [-0.2, -0.15) is 5.10 Å². The lowest BCUT2D eigenvalue weighted by Gasteiger charge is -2.09. The molecule has 0 bridgehead atoms. The molecule has 0 atom stereocenters. The second-order valence-electron chi connectivity index (χ2n) is 5.30. The first-order valence-electron chi connectivity index (χ1n) is 7.38. The molecule has 1 aromatic heterocycles. The Kier molecular flexibility index (Phi) is 3.92. The fourth-order valence-corrected chi connectivity index (χ4v) is 2.60. The van der Waals surface area contributed by atoms with Crippen LogP contribution in [0.15, 0.2) is 54.6 Å². The SMILES string of the molecule is CCCc1cc(F)cc(-c2cc(N)nn2-c2ccccc2)c1. The molecule has 0 unspecified atom stereocenters. The van der Waals surface area contributed by atoms with E-state index < -0.39 is 0 Å². The molecular weight excluding hydrogens is 277 g/mol. The molecule has 3 rings (SSSR count). The van der Waals surface area contributed by atoms with Gasteiger partial charge in [0.1, 0.15) is 11.6 Å². The van der Waals surface area contributed by atoms with Crippen LogP contribution in [0.3, 0.4) is 0 Å². The predicted octanol–water partition coefficient (Wildman–Crippen LogP) is 4.21. The first-order valence-corrected chi connectivity index (χ1v) is 7.38. The summed E-state index contributed by atoms with van der Waals surface area (Å²) in [5, 5.41) is 4.33. The van der Waals surface area contributed by atoms with Crippen LogP contribution in [0.25, 0.3) is 16.9 Å². The number of nitrogens with zero attached hydrogens (tertiary/aromatic N) is 2. The summed E-state index contributed by atoms with van der Waals surface area (Å²) in [5.41, 5.74) is 9.33. The summed E-state index contributed by atoms with van der Waals surface area (Å²) in [7, 11) is 0. The molecular formula is C18H18FN3. The minimum atomic E-state index is -0.236. The van der Waals surface area contributed by atoms with Crippen molar-refractivity contribution in [2.45, 2.75) is 19.8 Å². The Morgan fingerprint density at radius 2 is 1.86 bits per heavy atom. The topological polar surface area (TPSA) is 43.8 Å². The Labute approximate surface area is 129 Å². The maximum atomic E-state index is 13.9. The Bertz CT molecular complexity index is 778. The Balaban J connectivity index is 2.13. The molecule has 0 aliphatic carbocycles. The van der Waals surface area contributed by atoms with Crippen molar-refractivity contribution in [3.05, 3.63) is 66.0 Å². The maximum absolute atomic E-state index is 13.9. The molecule has 1 heterocycles. The smallest absolute Gasteiger partial charge is 0.146 e. The van der Waals surface area contributed by atoms with E-state index in [0.717, 1.165) is 35.3 Å². The number of hydrogen-bond acceptors (Lipinski definition) is 2. The van der Waals surface area contributed by atoms with Crippen molar-refractivity contribution >= 4 is 5.82 Å². The van der Waals surface area contributed by atoms with Crippen LogP contribution in [0, 0.1) is 5.82 Å². The predicted molar refractivity (Wildman–Crippen MR) is 87.4 cm³/mol. The highest BCUT2D eigenvalue weighted by atomic mass is 19.1. The quantitative estimate of drug-likeness (QED) is 0.783. The number of nitrogen functional groups attached to an aromatic ring is 1. The third-order valence-electron chi connectivity index (χ3n) is 3.52. The fraction of sp³-hybridized carbons (Fsp3) is 0.167. The number of aromatic nitrogens is 2.